The van der Waals surface area contributed by atoms with Crippen LogP contribution in [0.1, 0.15) is 12.8 Å². The number of methoxy groups -OCH3 is 1. The van der Waals surface area contributed by atoms with Crippen LogP contribution in [0.5, 0.6) is 5.88 Å². The van der Waals surface area contributed by atoms with Crippen molar-refractivity contribution in [2.24, 2.45) is 0 Å². The summed E-state index contributed by atoms with van der Waals surface area (Å²) >= 11 is 0. The van der Waals surface area contributed by atoms with Crippen molar-refractivity contribution in [2.75, 3.05) is 32.1 Å². The number of nitrogens with zero attached hydrogens (tertiary/aromatic N) is 6. The van der Waals surface area contributed by atoms with Gasteiger partial charge in [-0.3, -0.25) is 4.90 Å². The first-order valence-corrected chi connectivity index (χ1v) is 10.2. The Morgan fingerprint density at radius 1 is 1.16 bits per heavy atom. The van der Waals surface area contributed by atoms with Crippen molar-refractivity contribution in [3.05, 3.63) is 42.9 Å². The Morgan fingerprint density at radius 2 is 1.97 bits per heavy atom. The van der Waals surface area contributed by atoms with Gasteiger partial charge in [0.05, 0.1) is 19.2 Å². The third kappa shape index (κ3) is 3.90. The lowest BCUT2D eigenvalue weighted by atomic mass is 10.1. The molecule has 1 fully saturated rings. The van der Waals surface area contributed by atoms with Crippen LogP contribution in [0.3, 0.4) is 0 Å². The number of anilines is 1. The van der Waals surface area contributed by atoms with Crippen LogP contribution in [0.4, 0.5) is 14.7 Å². The molecule has 1 aliphatic rings. The predicted octanol–water partition coefficient (Wildman–Crippen LogP) is 3.19. The van der Waals surface area contributed by atoms with Gasteiger partial charge in [0.25, 0.3) is 6.43 Å². The van der Waals surface area contributed by atoms with Crippen LogP contribution < -0.4 is 10.1 Å². The minimum absolute atomic E-state index is 0.135. The first kappa shape index (κ1) is 19.7. The average Bonchev–Trinajstić information content (AvgIpc) is 3.40. The molecule has 0 spiro atoms. The number of fused-ring (bicyclic) bond motifs is 2. The number of ether oxygens (including phenoxy) is 1. The summed E-state index contributed by atoms with van der Waals surface area (Å²) in [5.74, 6) is 0.936. The molecule has 0 aliphatic carbocycles. The maximum absolute atomic E-state index is 12.6. The number of aromatic nitrogens is 5. The van der Waals surface area contributed by atoms with E-state index in [0.717, 1.165) is 35.0 Å². The highest BCUT2D eigenvalue weighted by atomic mass is 19.3. The Bertz CT molecular complexity index is 1200. The van der Waals surface area contributed by atoms with Gasteiger partial charge in [-0.1, -0.05) is 0 Å². The minimum Gasteiger partial charge on any atom is -0.479 e. The average molecular weight is 427 g/mol. The van der Waals surface area contributed by atoms with Crippen molar-refractivity contribution >= 4 is 17.0 Å². The zero-order valence-electron chi connectivity index (χ0n) is 17.1. The van der Waals surface area contributed by atoms with Crippen LogP contribution in [-0.2, 0) is 0 Å². The summed E-state index contributed by atoms with van der Waals surface area (Å²) in [5.41, 5.74) is 3.76. The molecule has 4 aromatic rings. The third-order valence-electron chi connectivity index (χ3n) is 5.70. The molecule has 8 nitrogen and oxygen atoms in total. The van der Waals surface area contributed by atoms with Crippen LogP contribution in [0.15, 0.2) is 42.9 Å². The second-order valence-corrected chi connectivity index (χ2v) is 7.69. The summed E-state index contributed by atoms with van der Waals surface area (Å²) in [4.78, 5) is 6.37. The van der Waals surface area contributed by atoms with E-state index < -0.39 is 6.43 Å². The molecule has 0 saturated carbocycles. The van der Waals surface area contributed by atoms with E-state index in [1.54, 1.807) is 22.7 Å². The van der Waals surface area contributed by atoms with E-state index in [4.69, 9.17) is 4.74 Å². The quantitative estimate of drug-likeness (QED) is 0.510. The first-order chi connectivity index (χ1) is 15.1. The number of hydrogen-bond acceptors (Lipinski definition) is 6. The first-order valence-electron chi connectivity index (χ1n) is 10.2. The molecule has 5 heterocycles. The fourth-order valence-corrected chi connectivity index (χ4v) is 4.16. The smallest absolute Gasteiger partial charge is 0.251 e. The number of nitrogens with one attached hydrogen (secondary N) is 1. The number of likely N-dealkylation sites (tertiary alicyclic amines) is 1. The van der Waals surface area contributed by atoms with Crippen molar-refractivity contribution in [1.82, 2.24) is 29.1 Å². The third-order valence-corrected chi connectivity index (χ3v) is 5.70. The standard InChI is InChI=1S/C21H23F2N7O/c1-31-20-19-17(14-3-10-29-16(12-14)2-7-24-29)6-11-30(19)27-21(26-20)25-15-4-8-28(9-5-15)13-18(22)23/h2-3,6-7,10-12,15,18H,4-5,8-9,13H2,1H3,(H,25,27). The van der Waals surface area contributed by atoms with E-state index in [1.807, 2.05) is 35.1 Å². The molecule has 4 aromatic heterocycles. The van der Waals surface area contributed by atoms with E-state index in [-0.39, 0.29) is 12.6 Å². The predicted molar refractivity (Wildman–Crippen MR) is 113 cm³/mol. The number of piperidine rings is 1. The fraction of sp³-hybridized carbons (Fsp3) is 0.381. The molecule has 0 unspecified atom stereocenters. The molecular formula is C21H23F2N7O. The lowest BCUT2D eigenvalue weighted by Crippen LogP contribution is -2.41. The highest BCUT2D eigenvalue weighted by Crippen LogP contribution is 2.32. The maximum atomic E-state index is 12.6. The second kappa shape index (κ2) is 8.10. The van der Waals surface area contributed by atoms with Crippen LogP contribution >= 0.6 is 0 Å². The zero-order valence-corrected chi connectivity index (χ0v) is 17.1. The van der Waals surface area contributed by atoms with Crippen molar-refractivity contribution < 1.29 is 13.5 Å². The molecule has 0 aromatic carbocycles. The Hall–Kier alpha value is -3.27. The van der Waals surface area contributed by atoms with Gasteiger partial charge in [0, 0.05) is 43.3 Å². The summed E-state index contributed by atoms with van der Waals surface area (Å²) in [6.45, 7) is 1.10. The Morgan fingerprint density at radius 3 is 2.74 bits per heavy atom. The van der Waals surface area contributed by atoms with E-state index in [2.05, 4.69) is 26.6 Å². The molecule has 0 radical (unpaired) electrons. The molecule has 1 saturated heterocycles. The fourth-order valence-electron chi connectivity index (χ4n) is 4.16. The van der Waals surface area contributed by atoms with Gasteiger partial charge in [-0.2, -0.15) is 10.1 Å². The summed E-state index contributed by atoms with van der Waals surface area (Å²) < 4.78 is 34.3. The summed E-state index contributed by atoms with van der Waals surface area (Å²) in [6.07, 6.45) is 4.79. The minimum atomic E-state index is -2.29. The molecule has 0 bridgehead atoms. The molecule has 5 rings (SSSR count). The SMILES string of the molecule is COc1nc(NC2CCN(CC(F)F)CC2)nn2ccc(-c3ccn4nccc4c3)c12. The van der Waals surface area contributed by atoms with Crippen LogP contribution in [0.25, 0.3) is 22.2 Å². The summed E-state index contributed by atoms with van der Waals surface area (Å²) in [6, 6.07) is 8.12. The Balaban J connectivity index is 1.39. The van der Waals surface area contributed by atoms with Gasteiger partial charge in [0.1, 0.15) is 5.52 Å². The molecule has 0 atom stereocenters. The second-order valence-electron chi connectivity index (χ2n) is 7.69. The molecule has 31 heavy (non-hydrogen) atoms. The van der Waals surface area contributed by atoms with Gasteiger partial charge in [-0.05, 0) is 42.7 Å². The summed E-state index contributed by atoms with van der Waals surface area (Å²) in [7, 11) is 1.59. The Kier molecular flexibility index (Phi) is 5.14. The van der Waals surface area contributed by atoms with E-state index >= 15 is 0 Å². The molecule has 162 valence electrons. The molecule has 1 aliphatic heterocycles. The number of halogens is 2. The maximum Gasteiger partial charge on any atom is 0.251 e. The molecule has 1 N–H and O–H groups in total. The van der Waals surface area contributed by atoms with Gasteiger partial charge in [0.15, 0.2) is 0 Å². The lowest BCUT2D eigenvalue weighted by Gasteiger charge is -2.32. The number of pyridine rings is 1. The monoisotopic (exact) mass is 427 g/mol. The van der Waals surface area contributed by atoms with E-state index in [0.29, 0.717) is 24.9 Å². The number of rotatable bonds is 6. The zero-order chi connectivity index (χ0) is 21.4. The van der Waals surface area contributed by atoms with E-state index in [1.165, 1.54) is 0 Å². The Labute approximate surface area is 177 Å². The highest BCUT2D eigenvalue weighted by Gasteiger charge is 2.23. The van der Waals surface area contributed by atoms with Crippen molar-refractivity contribution in [1.29, 1.82) is 0 Å². The highest BCUT2D eigenvalue weighted by molar-refractivity contribution is 5.85. The van der Waals surface area contributed by atoms with Gasteiger partial charge in [-0.25, -0.2) is 17.8 Å². The number of hydrogen-bond donors (Lipinski definition) is 1. The lowest BCUT2D eigenvalue weighted by molar-refractivity contribution is 0.0769. The largest absolute Gasteiger partial charge is 0.479 e. The van der Waals surface area contributed by atoms with Crippen LogP contribution in [0.2, 0.25) is 0 Å². The normalized spacial score (nSPS) is 15.9. The van der Waals surface area contributed by atoms with Gasteiger partial charge < -0.3 is 10.1 Å². The number of alkyl halides is 2. The van der Waals surface area contributed by atoms with E-state index in [9.17, 15) is 8.78 Å². The van der Waals surface area contributed by atoms with Crippen molar-refractivity contribution in [3.63, 3.8) is 0 Å². The summed E-state index contributed by atoms with van der Waals surface area (Å²) in [5, 5.41) is 12.2. The van der Waals surface area contributed by atoms with Crippen LogP contribution in [-0.4, -0.2) is 68.3 Å². The van der Waals surface area contributed by atoms with Gasteiger partial charge in [-0.15, -0.1) is 5.10 Å². The topological polar surface area (TPSA) is 72.0 Å². The van der Waals surface area contributed by atoms with Crippen molar-refractivity contribution in [2.45, 2.75) is 25.3 Å². The van der Waals surface area contributed by atoms with Crippen molar-refractivity contribution in [3.8, 4) is 17.0 Å². The molecular weight excluding hydrogens is 404 g/mol. The van der Waals surface area contributed by atoms with Crippen LogP contribution in [0, 0.1) is 0 Å². The molecule has 0 amide bonds. The van der Waals surface area contributed by atoms with Gasteiger partial charge in [0.2, 0.25) is 11.8 Å². The van der Waals surface area contributed by atoms with Gasteiger partial charge >= 0.3 is 0 Å². The molecule has 10 heteroatoms.